The van der Waals surface area contributed by atoms with Gasteiger partial charge in [0.1, 0.15) is 0 Å². The van der Waals surface area contributed by atoms with Gasteiger partial charge in [-0.3, -0.25) is 4.79 Å². The maximum atomic E-state index is 13.3. The maximum absolute atomic E-state index is 13.3. The van der Waals surface area contributed by atoms with E-state index in [1.807, 2.05) is 18.3 Å². The molecule has 4 bridgehead atoms. The number of piperidine rings is 1. The van der Waals surface area contributed by atoms with Gasteiger partial charge >= 0.3 is 0 Å². The summed E-state index contributed by atoms with van der Waals surface area (Å²) in [5.74, 6) is 2.64. The number of rotatable bonds is 6. The van der Waals surface area contributed by atoms with E-state index < -0.39 is 10.0 Å². The first-order chi connectivity index (χ1) is 16.8. The van der Waals surface area contributed by atoms with Crippen LogP contribution in [0.1, 0.15) is 65.2 Å². The number of nitrogens with one attached hydrogen (secondary N) is 1. The Hall–Kier alpha value is -1.86. The van der Waals surface area contributed by atoms with E-state index in [0.717, 1.165) is 35.2 Å². The van der Waals surface area contributed by atoms with Crippen LogP contribution in [0.15, 0.2) is 35.4 Å². The summed E-state index contributed by atoms with van der Waals surface area (Å²) < 4.78 is 30.4. The number of aryl methyl sites for hydroxylation is 1. The van der Waals surface area contributed by atoms with Crippen molar-refractivity contribution in [2.24, 2.45) is 29.1 Å². The van der Waals surface area contributed by atoms with Gasteiger partial charge < -0.3 is 9.88 Å². The Morgan fingerprint density at radius 3 is 2.29 bits per heavy atom. The quantitative estimate of drug-likeness (QED) is 0.624. The number of aromatic nitrogens is 1. The van der Waals surface area contributed by atoms with Crippen LogP contribution in [0.5, 0.6) is 0 Å². The summed E-state index contributed by atoms with van der Waals surface area (Å²) in [6.45, 7) is 5.97. The predicted molar refractivity (Wildman–Crippen MR) is 137 cm³/mol. The van der Waals surface area contributed by atoms with Gasteiger partial charge in [-0.1, -0.05) is 0 Å². The summed E-state index contributed by atoms with van der Waals surface area (Å²) in [6.07, 6.45) is 11.2. The van der Waals surface area contributed by atoms with Crippen molar-refractivity contribution in [3.63, 3.8) is 0 Å². The van der Waals surface area contributed by atoms with Crippen molar-refractivity contribution >= 4 is 26.8 Å². The normalized spacial score (nSPS) is 32.2. The van der Waals surface area contributed by atoms with E-state index in [4.69, 9.17) is 0 Å². The van der Waals surface area contributed by atoms with Gasteiger partial charge in [-0.2, -0.15) is 4.31 Å². The Morgan fingerprint density at radius 1 is 1.06 bits per heavy atom. The molecule has 1 saturated heterocycles. The average molecular weight is 498 g/mol. The van der Waals surface area contributed by atoms with Crippen LogP contribution in [0.2, 0.25) is 0 Å². The van der Waals surface area contributed by atoms with Crippen LogP contribution in [0.25, 0.3) is 10.9 Å². The number of fused-ring (bicyclic) bond motifs is 1. The zero-order chi connectivity index (χ0) is 24.4. The van der Waals surface area contributed by atoms with E-state index in [2.05, 4.69) is 23.7 Å². The molecule has 1 aromatic heterocycles. The van der Waals surface area contributed by atoms with Gasteiger partial charge in [0, 0.05) is 48.7 Å². The van der Waals surface area contributed by atoms with E-state index in [0.29, 0.717) is 36.2 Å². The Balaban J connectivity index is 1.08. The van der Waals surface area contributed by atoms with E-state index in [1.165, 1.54) is 38.5 Å². The number of benzene rings is 1. The lowest BCUT2D eigenvalue weighted by Crippen LogP contribution is -2.56. The van der Waals surface area contributed by atoms with Crippen LogP contribution in [-0.2, 0) is 21.4 Å². The summed E-state index contributed by atoms with van der Waals surface area (Å²) in [5.41, 5.74) is 1.35. The highest BCUT2D eigenvalue weighted by molar-refractivity contribution is 7.89. The minimum atomic E-state index is -3.56. The Labute approximate surface area is 209 Å². The zero-order valence-electron chi connectivity index (χ0n) is 21.1. The molecule has 6 nitrogen and oxygen atoms in total. The lowest BCUT2D eigenvalue weighted by atomic mass is 9.48. The predicted octanol–water partition coefficient (Wildman–Crippen LogP) is 4.78. The number of amides is 1. The van der Waals surface area contributed by atoms with Crippen molar-refractivity contribution in [1.29, 1.82) is 0 Å². The molecule has 190 valence electrons. The molecule has 1 atom stereocenters. The molecular weight excluding hydrogens is 458 g/mol. The van der Waals surface area contributed by atoms with Crippen molar-refractivity contribution in [3.05, 3.63) is 30.5 Å². The molecule has 2 aromatic rings. The van der Waals surface area contributed by atoms with Crippen LogP contribution in [0, 0.1) is 29.1 Å². The minimum absolute atomic E-state index is 0.0983. The fourth-order valence-corrected chi connectivity index (χ4v) is 9.82. The summed E-state index contributed by atoms with van der Waals surface area (Å²) in [6, 6.07) is 7.59. The van der Waals surface area contributed by atoms with Gasteiger partial charge in [0.15, 0.2) is 0 Å². The molecule has 1 aliphatic heterocycles. The summed E-state index contributed by atoms with van der Waals surface area (Å²) in [4.78, 5) is 13.6. The third-order valence-corrected chi connectivity index (χ3v) is 11.8. The Bertz CT molecular complexity index is 1190. The molecule has 5 fully saturated rings. The first kappa shape index (κ1) is 23.5. The molecule has 4 aliphatic carbocycles. The highest BCUT2D eigenvalue weighted by atomic mass is 32.2. The van der Waals surface area contributed by atoms with Crippen LogP contribution in [0.3, 0.4) is 0 Å². The standard InChI is InChI=1S/C28H39N3O3S/c1-3-30-9-6-24-15-25(4-5-26(24)30)35(33,34)31-10-7-23(8-11-31)27(32)29-19(2)28-16-20-12-21(17-28)14-22(13-20)18-28/h4-6,9,15,19-23H,3,7-8,10-14,16-18H2,1-2H3,(H,29,32)/t19-,20?,21?,22?,28?/m0/s1. The first-order valence-corrected chi connectivity index (χ1v) is 15.1. The molecule has 5 aliphatic rings. The molecule has 1 aromatic carbocycles. The van der Waals surface area contributed by atoms with Crippen molar-refractivity contribution in [1.82, 2.24) is 14.2 Å². The van der Waals surface area contributed by atoms with Crippen molar-refractivity contribution in [2.75, 3.05) is 13.1 Å². The molecular formula is C28H39N3O3S. The van der Waals surface area contributed by atoms with Gasteiger partial charge in [-0.05, 0) is 113 Å². The van der Waals surface area contributed by atoms with Gasteiger partial charge in [0.2, 0.25) is 15.9 Å². The molecule has 4 saturated carbocycles. The number of sulfonamides is 1. The van der Waals surface area contributed by atoms with Gasteiger partial charge in [0.25, 0.3) is 0 Å². The topological polar surface area (TPSA) is 71.4 Å². The molecule has 0 radical (unpaired) electrons. The van der Waals surface area contributed by atoms with Crippen LogP contribution in [-0.4, -0.2) is 42.3 Å². The number of carbonyl (C=O) groups excluding carboxylic acids is 1. The van der Waals surface area contributed by atoms with Crippen LogP contribution in [0.4, 0.5) is 0 Å². The maximum Gasteiger partial charge on any atom is 0.243 e. The molecule has 7 rings (SSSR count). The van der Waals surface area contributed by atoms with Gasteiger partial charge in [0.05, 0.1) is 4.90 Å². The second-order valence-corrected chi connectivity index (χ2v) is 13.9. The summed E-state index contributed by atoms with van der Waals surface area (Å²) >= 11 is 0. The Kier molecular flexibility index (Phi) is 5.79. The number of hydrogen-bond donors (Lipinski definition) is 1. The lowest BCUT2D eigenvalue weighted by molar-refractivity contribution is -0.130. The van der Waals surface area contributed by atoms with Crippen LogP contribution >= 0.6 is 0 Å². The monoisotopic (exact) mass is 497 g/mol. The fourth-order valence-electron chi connectivity index (χ4n) is 8.31. The Morgan fingerprint density at radius 2 is 1.69 bits per heavy atom. The molecule has 0 unspecified atom stereocenters. The fraction of sp³-hybridized carbons (Fsp3) is 0.679. The largest absolute Gasteiger partial charge is 0.353 e. The molecule has 0 spiro atoms. The highest BCUT2D eigenvalue weighted by Gasteiger charge is 2.53. The van der Waals surface area contributed by atoms with Crippen molar-refractivity contribution in [3.8, 4) is 0 Å². The average Bonchev–Trinajstić information content (AvgIpc) is 3.25. The van der Waals surface area contributed by atoms with E-state index in [1.54, 1.807) is 16.4 Å². The smallest absolute Gasteiger partial charge is 0.243 e. The number of carbonyl (C=O) groups is 1. The second-order valence-electron chi connectivity index (χ2n) is 12.0. The van der Waals surface area contributed by atoms with Gasteiger partial charge in [-0.25, -0.2) is 8.42 Å². The summed E-state index contributed by atoms with van der Waals surface area (Å²) in [7, 11) is -3.56. The second kappa shape index (κ2) is 8.62. The minimum Gasteiger partial charge on any atom is -0.353 e. The lowest BCUT2D eigenvalue weighted by Gasteiger charge is -2.59. The number of hydrogen-bond acceptors (Lipinski definition) is 3. The van der Waals surface area contributed by atoms with Crippen molar-refractivity contribution < 1.29 is 13.2 Å². The van der Waals surface area contributed by atoms with E-state index in [-0.39, 0.29) is 17.9 Å². The molecule has 2 heterocycles. The SMILES string of the molecule is CCn1ccc2cc(S(=O)(=O)N3CCC(C(=O)N[C@@H](C)C45CC6CC(CC(C6)C4)C5)CC3)ccc21. The molecule has 1 N–H and O–H groups in total. The third kappa shape index (κ3) is 4.03. The molecule has 35 heavy (non-hydrogen) atoms. The third-order valence-electron chi connectivity index (χ3n) is 9.91. The van der Waals surface area contributed by atoms with Crippen LogP contribution < -0.4 is 5.32 Å². The van der Waals surface area contributed by atoms with E-state index in [9.17, 15) is 13.2 Å². The van der Waals surface area contributed by atoms with Crippen molar-refractivity contribution in [2.45, 2.75) is 82.7 Å². The zero-order valence-corrected chi connectivity index (χ0v) is 21.9. The van der Waals surface area contributed by atoms with E-state index >= 15 is 0 Å². The van der Waals surface area contributed by atoms with Gasteiger partial charge in [-0.15, -0.1) is 0 Å². The first-order valence-electron chi connectivity index (χ1n) is 13.7. The molecule has 7 heteroatoms. The molecule has 1 amide bonds. The number of nitrogens with zero attached hydrogens (tertiary/aromatic N) is 2. The highest BCUT2D eigenvalue weighted by Crippen LogP contribution is 2.61. The summed E-state index contributed by atoms with van der Waals surface area (Å²) in [5, 5.41) is 4.36.